The number of pyridine rings is 3. The van der Waals surface area contributed by atoms with Crippen LogP contribution in [0.15, 0.2) is 55.1 Å². The number of hydrogen-bond donors (Lipinski definition) is 1. The summed E-state index contributed by atoms with van der Waals surface area (Å²) in [7, 11) is 1.64. The van der Waals surface area contributed by atoms with Crippen LogP contribution in [-0.4, -0.2) is 98.1 Å². The fourth-order valence-corrected chi connectivity index (χ4v) is 8.06. The van der Waals surface area contributed by atoms with Gasteiger partial charge in [-0.3, -0.25) is 9.80 Å². The Kier molecular flexibility index (Phi) is 7.28. The van der Waals surface area contributed by atoms with E-state index in [1.54, 1.807) is 17.8 Å². The highest BCUT2D eigenvalue weighted by Crippen LogP contribution is 2.38. The van der Waals surface area contributed by atoms with Crippen molar-refractivity contribution in [3.05, 3.63) is 66.2 Å². The number of rotatable bonds is 9. The summed E-state index contributed by atoms with van der Waals surface area (Å²) >= 11 is 0. The number of methoxy groups -OCH3 is 1. The van der Waals surface area contributed by atoms with Crippen molar-refractivity contribution in [1.82, 2.24) is 29.4 Å². The van der Waals surface area contributed by atoms with E-state index in [-0.39, 0.29) is 6.10 Å². The number of hydrogen-bond acceptors (Lipinski definition) is 10. The predicted molar refractivity (Wildman–Crippen MR) is 168 cm³/mol. The summed E-state index contributed by atoms with van der Waals surface area (Å²) in [5.41, 5.74) is 4.28. The lowest BCUT2D eigenvalue weighted by Crippen LogP contribution is -2.68. The van der Waals surface area contributed by atoms with Crippen molar-refractivity contribution in [3.63, 3.8) is 0 Å². The fourth-order valence-electron chi connectivity index (χ4n) is 8.06. The third-order valence-corrected chi connectivity index (χ3v) is 10.3. The maximum absolute atomic E-state index is 10.1. The summed E-state index contributed by atoms with van der Waals surface area (Å²) < 4.78 is 13.2. The molecule has 0 spiro atoms. The Balaban J connectivity index is 0.958. The number of nitriles is 1. The summed E-state index contributed by atoms with van der Waals surface area (Å²) in [6.07, 6.45) is 12.3. The number of ether oxygens (including phenoxy) is 2. The Morgan fingerprint density at radius 2 is 1.78 bits per heavy atom. The first kappa shape index (κ1) is 28.2. The van der Waals surface area contributed by atoms with Gasteiger partial charge < -0.3 is 19.5 Å². The van der Waals surface area contributed by atoms with Gasteiger partial charge in [0.1, 0.15) is 24.2 Å². The number of piperidine rings is 2. The highest BCUT2D eigenvalue weighted by molar-refractivity contribution is 5.85. The van der Waals surface area contributed by atoms with E-state index in [9.17, 15) is 10.4 Å². The fraction of sp³-hybridized carbons (Fsp3) is 0.471. The van der Waals surface area contributed by atoms with Crippen LogP contribution in [0.4, 0.5) is 5.82 Å². The van der Waals surface area contributed by atoms with Crippen LogP contribution in [0.3, 0.4) is 0 Å². The van der Waals surface area contributed by atoms with Crippen LogP contribution in [0.25, 0.3) is 16.6 Å². The van der Waals surface area contributed by atoms with Gasteiger partial charge in [0.25, 0.3) is 0 Å². The predicted octanol–water partition coefficient (Wildman–Crippen LogP) is 3.50. The first-order valence-electron chi connectivity index (χ1n) is 16.0. The van der Waals surface area contributed by atoms with Crippen LogP contribution in [-0.2, 0) is 6.54 Å². The molecule has 11 nitrogen and oxygen atoms in total. The van der Waals surface area contributed by atoms with Crippen LogP contribution >= 0.6 is 0 Å². The molecule has 3 unspecified atom stereocenters. The number of nitrogens with zero attached hydrogens (tertiary/aromatic N) is 8. The van der Waals surface area contributed by atoms with E-state index < -0.39 is 0 Å². The largest absolute Gasteiger partial charge is 0.491 e. The molecule has 0 saturated carbocycles. The summed E-state index contributed by atoms with van der Waals surface area (Å²) in [6, 6.07) is 14.4. The molecule has 4 bridgehead atoms. The van der Waals surface area contributed by atoms with Gasteiger partial charge in [-0.2, -0.15) is 10.4 Å². The average molecular weight is 607 g/mol. The van der Waals surface area contributed by atoms with Crippen LogP contribution in [0.5, 0.6) is 11.6 Å². The Morgan fingerprint density at radius 1 is 0.956 bits per heavy atom. The summed E-state index contributed by atoms with van der Waals surface area (Å²) in [5.74, 6) is 2.32. The van der Waals surface area contributed by atoms with Gasteiger partial charge in [-0.25, -0.2) is 14.5 Å². The lowest BCUT2D eigenvalue weighted by molar-refractivity contribution is -0.00876. The molecule has 11 heteroatoms. The monoisotopic (exact) mass is 606 g/mol. The molecule has 0 radical (unpaired) electrons. The average Bonchev–Trinajstić information content (AvgIpc) is 3.60. The van der Waals surface area contributed by atoms with E-state index in [4.69, 9.17) is 14.5 Å². The zero-order valence-electron chi connectivity index (χ0n) is 25.5. The lowest BCUT2D eigenvalue weighted by atomic mass is 9.87. The molecule has 0 aromatic carbocycles. The second-order valence-corrected chi connectivity index (χ2v) is 12.9. The van der Waals surface area contributed by atoms with E-state index in [2.05, 4.69) is 49.1 Å². The zero-order valence-corrected chi connectivity index (χ0v) is 25.5. The number of anilines is 1. The molecular formula is C34H38N8O3. The highest BCUT2D eigenvalue weighted by atomic mass is 16.5. The van der Waals surface area contributed by atoms with Gasteiger partial charge >= 0.3 is 0 Å². The minimum Gasteiger partial charge on any atom is -0.491 e. The van der Waals surface area contributed by atoms with Crippen molar-refractivity contribution in [2.45, 2.75) is 68.9 Å². The van der Waals surface area contributed by atoms with Gasteiger partial charge in [-0.1, -0.05) is 6.07 Å². The van der Waals surface area contributed by atoms with Crippen molar-refractivity contribution in [2.75, 3.05) is 38.3 Å². The van der Waals surface area contributed by atoms with Gasteiger partial charge in [0, 0.05) is 79.9 Å². The van der Waals surface area contributed by atoms with Gasteiger partial charge in [-0.15, -0.1) is 0 Å². The molecule has 5 atom stereocenters. The normalized spacial score (nSPS) is 26.1. The van der Waals surface area contributed by atoms with E-state index in [1.807, 2.05) is 30.7 Å². The van der Waals surface area contributed by atoms with Gasteiger partial charge in [-0.05, 0) is 55.9 Å². The van der Waals surface area contributed by atoms with E-state index in [0.29, 0.717) is 48.0 Å². The molecular weight excluding hydrogens is 568 g/mol. The van der Waals surface area contributed by atoms with Crippen LogP contribution < -0.4 is 14.4 Å². The van der Waals surface area contributed by atoms with E-state index >= 15 is 0 Å². The minimum atomic E-state index is -0.169. The third kappa shape index (κ3) is 5.27. The molecule has 4 aromatic rings. The number of aromatic nitrogens is 4. The Labute approximate surface area is 262 Å². The van der Waals surface area contributed by atoms with Gasteiger partial charge in [0.05, 0.1) is 36.7 Å². The van der Waals surface area contributed by atoms with Crippen molar-refractivity contribution in [3.8, 4) is 28.8 Å². The second kappa shape index (κ2) is 11.6. The Bertz CT molecular complexity index is 1690. The van der Waals surface area contributed by atoms with Crippen molar-refractivity contribution >= 4 is 11.3 Å². The van der Waals surface area contributed by atoms with Crippen molar-refractivity contribution < 1.29 is 14.6 Å². The molecule has 232 valence electrons. The first-order chi connectivity index (χ1) is 22.1. The topological polar surface area (TPSA) is 115 Å². The summed E-state index contributed by atoms with van der Waals surface area (Å²) in [6.45, 7) is 4.18. The summed E-state index contributed by atoms with van der Waals surface area (Å²) in [4.78, 5) is 16.7. The Morgan fingerprint density at radius 3 is 2.47 bits per heavy atom. The highest BCUT2D eigenvalue weighted by Gasteiger charge is 2.44. The van der Waals surface area contributed by atoms with E-state index in [1.165, 1.54) is 12.0 Å². The molecule has 1 N–H and O–H groups in total. The quantitative estimate of drug-likeness (QED) is 0.304. The maximum Gasteiger partial charge on any atom is 0.212 e. The van der Waals surface area contributed by atoms with Crippen LogP contribution in [0.1, 0.15) is 43.2 Å². The summed E-state index contributed by atoms with van der Waals surface area (Å²) in [5, 5.41) is 24.4. The SMILES string of the molecule is COc1ccc(CN2C3CC2CN(c2ccc(-c4cc(OCCN5[C@@H]6CC[C@H]5CC(O)C6)cn5ncc(C#N)c45)cn2)C3)cn1. The minimum absolute atomic E-state index is 0.169. The van der Waals surface area contributed by atoms with Crippen molar-refractivity contribution in [2.24, 2.45) is 0 Å². The molecule has 9 rings (SSSR count). The van der Waals surface area contributed by atoms with Crippen molar-refractivity contribution in [1.29, 1.82) is 5.26 Å². The standard InChI is InChI=1S/C34H38N8O3/c1-44-33-7-2-22(15-37-33)18-41-27-10-28(41)20-39(19-27)32-6-3-23(16-36-32)31-13-30(21-42-34(31)24(14-35)17-38-42)45-9-8-40-25-4-5-26(40)12-29(43)11-25/h2-3,6-7,13,15-17,21,25-29,43H,4-5,8-12,18-20H2,1H3/t25-,26+,27?,28?,29?. The molecule has 0 amide bonds. The molecule has 4 aromatic heterocycles. The number of fused-ring (bicyclic) bond motifs is 5. The molecule has 5 saturated heterocycles. The molecule has 5 aliphatic heterocycles. The number of piperazine rings is 1. The molecule has 45 heavy (non-hydrogen) atoms. The lowest BCUT2D eigenvalue weighted by Gasteiger charge is -2.56. The molecule has 9 heterocycles. The molecule has 5 fully saturated rings. The first-order valence-corrected chi connectivity index (χ1v) is 16.0. The molecule has 0 aliphatic carbocycles. The maximum atomic E-state index is 10.1. The smallest absolute Gasteiger partial charge is 0.212 e. The van der Waals surface area contributed by atoms with E-state index in [0.717, 1.165) is 74.3 Å². The second-order valence-electron chi connectivity index (χ2n) is 12.9. The van der Waals surface area contributed by atoms with Crippen LogP contribution in [0, 0.1) is 11.3 Å². The zero-order chi connectivity index (χ0) is 30.5. The van der Waals surface area contributed by atoms with Gasteiger partial charge in [0.15, 0.2) is 0 Å². The van der Waals surface area contributed by atoms with Gasteiger partial charge in [0.2, 0.25) is 5.88 Å². The Hall–Kier alpha value is -4.24. The van der Waals surface area contributed by atoms with Crippen LogP contribution in [0.2, 0.25) is 0 Å². The molecule has 5 aliphatic rings. The third-order valence-electron chi connectivity index (χ3n) is 10.3. The number of aliphatic hydroxyl groups is 1. The number of aliphatic hydroxyl groups excluding tert-OH is 1.